The van der Waals surface area contributed by atoms with Crippen molar-refractivity contribution in [2.45, 2.75) is 52.4 Å². The summed E-state index contributed by atoms with van der Waals surface area (Å²) >= 11 is 0. The van der Waals surface area contributed by atoms with Crippen molar-refractivity contribution in [3.8, 4) is 61.3 Å². The van der Waals surface area contributed by atoms with Gasteiger partial charge in [0.1, 0.15) is 0 Å². The molecule has 0 aliphatic rings. The van der Waals surface area contributed by atoms with Gasteiger partial charge >= 0.3 is 0 Å². The molecule has 1 aromatic heterocycles. The molecule has 11 rings (SSSR count). The van der Waals surface area contributed by atoms with Crippen LogP contribution in [0.5, 0.6) is 0 Å². The molecule has 0 bridgehead atoms. The number of aromatic nitrogens is 1. The number of hydrogen-bond donors (Lipinski definition) is 1. The van der Waals surface area contributed by atoms with Crippen LogP contribution in [0, 0.1) is 5.41 Å². The number of fused-ring (bicyclic) bond motifs is 3. The van der Waals surface area contributed by atoms with Gasteiger partial charge in [-0.25, -0.2) is 9.98 Å². The van der Waals surface area contributed by atoms with Gasteiger partial charge in [-0.3, -0.25) is 5.41 Å². The smallest absolute Gasteiger partial charge is 0.161 e. The van der Waals surface area contributed by atoms with Crippen LogP contribution >= 0.6 is 0 Å². The van der Waals surface area contributed by atoms with Gasteiger partial charge in [0.15, 0.2) is 11.7 Å². The van der Waals surface area contributed by atoms with Crippen LogP contribution in [0.3, 0.4) is 0 Å². The van der Waals surface area contributed by atoms with Gasteiger partial charge in [-0.1, -0.05) is 248 Å². The number of nitrogens with one attached hydrogen (secondary N) is 1. The molecule has 0 saturated heterocycles. The quantitative estimate of drug-likeness (QED) is 0.111. The van der Waals surface area contributed by atoms with Crippen LogP contribution in [0.2, 0.25) is 0 Å². The van der Waals surface area contributed by atoms with Crippen LogP contribution < -0.4 is 0 Å². The maximum Gasteiger partial charge on any atom is 0.161 e. The number of aliphatic imine (C=N–C) groups is 2. The van der Waals surface area contributed by atoms with Gasteiger partial charge in [-0.2, -0.15) is 0 Å². The van der Waals surface area contributed by atoms with E-state index < -0.39 is 0 Å². The third-order valence-corrected chi connectivity index (χ3v) is 14.3. The molecular formula is C71H60N4. The fourth-order valence-electron chi connectivity index (χ4n) is 10.1. The van der Waals surface area contributed by atoms with Crippen molar-refractivity contribution in [2.75, 3.05) is 0 Å². The summed E-state index contributed by atoms with van der Waals surface area (Å²) in [6.07, 6.45) is 1.84. The van der Waals surface area contributed by atoms with Crippen molar-refractivity contribution in [2.24, 2.45) is 9.98 Å². The van der Waals surface area contributed by atoms with E-state index in [1.165, 1.54) is 22.3 Å². The highest BCUT2D eigenvalue weighted by molar-refractivity contribution is 6.16. The monoisotopic (exact) mass is 968 g/mol. The number of benzene rings is 10. The summed E-state index contributed by atoms with van der Waals surface area (Å²) in [4.78, 5) is 10.1. The zero-order chi connectivity index (χ0) is 51.7. The minimum Gasteiger partial charge on any atom is -0.308 e. The van der Waals surface area contributed by atoms with Crippen LogP contribution in [-0.2, 0) is 10.8 Å². The first-order valence-electron chi connectivity index (χ1n) is 25.9. The second-order valence-corrected chi connectivity index (χ2v) is 21.5. The minimum absolute atomic E-state index is 0.0436. The lowest BCUT2D eigenvalue weighted by atomic mass is 9.84. The van der Waals surface area contributed by atoms with Crippen LogP contribution in [0.4, 0.5) is 0 Å². The average Bonchev–Trinajstić information content (AvgIpc) is 3.78. The molecule has 4 heteroatoms. The molecule has 0 spiro atoms. The SMILES string of the molecule is CC(C)(C)c1ccc(-c2cc(C(=N)N=C(N=Cc3ccc(-c4ccccc4)cc3)c3ccccc3)cc(-c3ccc(C(C)(C)C)cc3)c2-n2c3ccc(-c4ccccc4)cc3c3cc(-c4ccccc4)ccc32)cc1. The van der Waals surface area contributed by atoms with Gasteiger partial charge in [-0.05, 0) is 108 Å². The van der Waals surface area contributed by atoms with Crippen LogP contribution in [0.15, 0.2) is 253 Å². The Morgan fingerprint density at radius 3 is 1.19 bits per heavy atom. The molecule has 1 heterocycles. The molecule has 1 N–H and O–H groups in total. The van der Waals surface area contributed by atoms with Gasteiger partial charge < -0.3 is 4.57 Å². The summed E-state index contributed by atoms with van der Waals surface area (Å²) in [5.41, 5.74) is 19.1. The topological polar surface area (TPSA) is 53.5 Å². The Bertz CT molecular complexity index is 3720. The van der Waals surface area contributed by atoms with E-state index in [9.17, 15) is 5.41 Å². The first-order valence-corrected chi connectivity index (χ1v) is 25.9. The van der Waals surface area contributed by atoms with Gasteiger partial charge in [0, 0.05) is 39.2 Å². The first-order chi connectivity index (χ1) is 36.4. The molecule has 0 unspecified atom stereocenters. The zero-order valence-electron chi connectivity index (χ0n) is 43.5. The molecule has 11 aromatic rings. The summed E-state index contributed by atoms with van der Waals surface area (Å²) in [5.74, 6) is 0.564. The molecule has 0 aliphatic heterocycles. The number of hydrogen-bond acceptors (Lipinski definition) is 1. The van der Waals surface area contributed by atoms with Crippen LogP contribution in [0.1, 0.15) is 69.4 Å². The number of rotatable bonds is 9. The van der Waals surface area contributed by atoms with Gasteiger partial charge in [0.25, 0.3) is 0 Å². The Labute approximate surface area is 441 Å². The summed E-state index contributed by atoms with van der Waals surface area (Å²) < 4.78 is 2.47. The summed E-state index contributed by atoms with van der Waals surface area (Å²) in [6, 6.07) is 86.2. The maximum absolute atomic E-state index is 10.0. The molecule has 0 amide bonds. The Hall–Kier alpha value is -8.99. The molecule has 75 heavy (non-hydrogen) atoms. The van der Waals surface area contributed by atoms with Crippen molar-refractivity contribution in [3.63, 3.8) is 0 Å². The Morgan fingerprint density at radius 1 is 0.387 bits per heavy atom. The Kier molecular flexibility index (Phi) is 13.0. The van der Waals surface area contributed by atoms with E-state index in [1.807, 2.05) is 42.6 Å². The predicted molar refractivity (Wildman–Crippen MR) is 319 cm³/mol. The third-order valence-electron chi connectivity index (χ3n) is 14.3. The first kappa shape index (κ1) is 48.3. The molecule has 0 fully saturated rings. The lowest BCUT2D eigenvalue weighted by molar-refractivity contribution is 0.590. The molecule has 0 aliphatic carbocycles. The van der Waals surface area contributed by atoms with Crippen molar-refractivity contribution >= 4 is 39.7 Å². The van der Waals surface area contributed by atoms with E-state index in [-0.39, 0.29) is 16.7 Å². The summed E-state index contributed by atoms with van der Waals surface area (Å²) in [6.45, 7) is 13.5. The highest BCUT2D eigenvalue weighted by Gasteiger charge is 2.25. The minimum atomic E-state index is -0.0436. The predicted octanol–water partition coefficient (Wildman–Crippen LogP) is 18.6. The highest BCUT2D eigenvalue weighted by Crippen LogP contribution is 2.45. The fraction of sp³-hybridized carbons (Fsp3) is 0.113. The van der Waals surface area contributed by atoms with Crippen molar-refractivity contribution in [1.82, 2.24) is 4.57 Å². The maximum atomic E-state index is 10.0. The number of amidine groups is 2. The second-order valence-electron chi connectivity index (χ2n) is 21.5. The molecule has 0 atom stereocenters. The summed E-state index contributed by atoms with van der Waals surface area (Å²) in [5, 5.41) is 12.3. The van der Waals surface area contributed by atoms with Crippen LogP contribution in [0.25, 0.3) is 83.1 Å². The normalized spacial score (nSPS) is 12.2. The average molecular weight is 969 g/mol. The van der Waals surface area contributed by atoms with E-state index in [2.05, 4.69) is 252 Å². The Balaban J connectivity index is 1.16. The second kappa shape index (κ2) is 20.1. The molecule has 4 nitrogen and oxygen atoms in total. The molecule has 0 radical (unpaired) electrons. The molecule has 364 valence electrons. The lowest BCUT2D eigenvalue weighted by Crippen LogP contribution is -2.11. The van der Waals surface area contributed by atoms with E-state index in [0.29, 0.717) is 11.4 Å². The van der Waals surface area contributed by atoms with Gasteiger partial charge in [0.05, 0.1) is 16.7 Å². The van der Waals surface area contributed by atoms with Crippen molar-refractivity contribution < 1.29 is 0 Å². The van der Waals surface area contributed by atoms with E-state index in [0.717, 1.165) is 83.1 Å². The van der Waals surface area contributed by atoms with Crippen LogP contribution in [-0.4, -0.2) is 22.5 Å². The zero-order valence-corrected chi connectivity index (χ0v) is 43.5. The van der Waals surface area contributed by atoms with E-state index in [1.54, 1.807) is 0 Å². The third kappa shape index (κ3) is 10.1. The largest absolute Gasteiger partial charge is 0.308 e. The van der Waals surface area contributed by atoms with E-state index in [4.69, 9.17) is 9.98 Å². The fourth-order valence-corrected chi connectivity index (χ4v) is 10.1. The molecular weight excluding hydrogens is 909 g/mol. The Morgan fingerprint density at radius 2 is 0.760 bits per heavy atom. The van der Waals surface area contributed by atoms with E-state index >= 15 is 0 Å². The van der Waals surface area contributed by atoms with Crippen molar-refractivity contribution in [3.05, 3.63) is 270 Å². The molecule has 10 aromatic carbocycles. The molecule has 0 saturated carbocycles. The summed E-state index contributed by atoms with van der Waals surface area (Å²) in [7, 11) is 0. The standard InChI is InChI=1S/C71H60N4/c1-70(2,3)59-37-31-53(32-38-59)61-45-58(68(72)74-69(55-25-17-10-18-26-55)73-47-48-27-29-52(30-28-48)49-19-11-7-12-20-49)46-62(54-33-39-60(40-34-54)71(4,5)6)67(61)75-65-41-35-56(50-21-13-8-14-22-50)43-63(65)64-44-57(36-42-66(64)75)51-23-15-9-16-24-51/h7-47,72H,1-6H3. The van der Waals surface area contributed by atoms with Crippen molar-refractivity contribution in [1.29, 1.82) is 5.41 Å². The van der Waals surface area contributed by atoms with Gasteiger partial charge in [0.2, 0.25) is 0 Å². The highest BCUT2D eigenvalue weighted by atomic mass is 15.0. The van der Waals surface area contributed by atoms with Gasteiger partial charge in [-0.15, -0.1) is 0 Å². The number of nitrogens with zero attached hydrogens (tertiary/aromatic N) is 3. The lowest BCUT2D eigenvalue weighted by Gasteiger charge is -2.23.